The molecule has 0 amide bonds. The van der Waals surface area contributed by atoms with Crippen molar-refractivity contribution in [3.63, 3.8) is 0 Å². The third kappa shape index (κ3) is 2.65. The maximum absolute atomic E-state index is 11.1. The van der Waals surface area contributed by atoms with E-state index in [1.54, 1.807) is 0 Å². The van der Waals surface area contributed by atoms with Crippen LogP contribution in [0.5, 0.6) is 0 Å². The zero-order chi connectivity index (χ0) is 16.4. The Kier molecular flexibility index (Phi) is 4.21. The van der Waals surface area contributed by atoms with Gasteiger partial charge in [-0.2, -0.15) is 5.26 Å². The summed E-state index contributed by atoms with van der Waals surface area (Å²) in [6.45, 7) is 3.90. The van der Waals surface area contributed by atoms with Crippen LogP contribution in [-0.4, -0.2) is 10.7 Å². The number of hydrogen-bond donors (Lipinski definition) is 2. The zero-order valence-electron chi connectivity index (χ0n) is 13.5. The van der Waals surface area contributed by atoms with Gasteiger partial charge in [0.05, 0.1) is 6.07 Å². The van der Waals surface area contributed by atoms with E-state index in [9.17, 15) is 10.4 Å². The molecule has 0 aromatic heterocycles. The average Bonchev–Trinajstić information content (AvgIpc) is 2.61. The van der Waals surface area contributed by atoms with E-state index in [4.69, 9.17) is 0 Å². The van der Waals surface area contributed by atoms with Crippen molar-refractivity contribution in [1.82, 2.24) is 5.32 Å². The van der Waals surface area contributed by atoms with Gasteiger partial charge in [0, 0.05) is 23.9 Å². The fraction of sp³-hybridized carbons (Fsp3) is 0.350. The Balaban J connectivity index is 2.04. The van der Waals surface area contributed by atoms with E-state index in [1.807, 2.05) is 74.5 Å². The highest BCUT2D eigenvalue weighted by atomic mass is 16.3. The molecule has 1 aliphatic rings. The minimum atomic E-state index is -1.37. The smallest absolute Gasteiger partial charge is 0.159 e. The van der Waals surface area contributed by atoms with Crippen LogP contribution < -0.4 is 5.32 Å². The van der Waals surface area contributed by atoms with Crippen LogP contribution in [0.4, 0.5) is 0 Å². The van der Waals surface area contributed by atoms with E-state index in [0.29, 0.717) is 0 Å². The van der Waals surface area contributed by atoms with Crippen molar-refractivity contribution >= 4 is 0 Å². The molecule has 3 nitrogen and oxygen atoms in total. The Morgan fingerprint density at radius 1 is 0.870 bits per heavy atom. The molecule has 0 bridgehead atoms. The van der Waals surface area contributed by atoms with Gasteiger partial charge in [-0.15, -0.1) is 0 Å². The summed E-state index contributed by atoms with van der Waals surface area (Å²) >= 11 is 0. The van der Waals surface area contributed by atoms with E-state index < -0.39 is 5.60 Å². The molecule has 118 valence electrons. The quantitative estimate of drug-likeness (QED) is 0.834. The standard InChI is InChI=1S/C20H22N2O/c1-14-18(16-9-5-3-6-10-16)22-19(15(2)20(14,23)13-21)17-11-7-4-8-12-17/h3-12,14-15,18-19,22-23H,1-2H3/t14-,15+,18-,19-,20?/m1/s1. The van der Waals surface area contributed by atoms with Gasteiger partial charge in [0.1, 0.15) is 0 Å². The fourth-order valence-electron chi connectivity index (χ4n) is 3.70. The molecule has 1 unspecified atom stereocenters. The molecule has 1 fully saturated rings. The van der Waals surface area contributed by atoms with Crippen LogP contribution in [0.15, 0.2) is 60.7 Å². The molecule has 3 heteroatoms. The predicted octanol–water partition coefficient (Wildman–Crippen LogP) is 3.60. The van der Waals surface area contributed by atoms with E-state index in [2.05, 4.69) is 11.4 Å². The molecule has 0 spiro atoms. The number of nitriles is 1. The Bertz CT molecular complexity index is 641. The van der Waals surface area contributed by atoms with Crippen molar-refractivity contribution in [1.29, 1.82) is 5.26 Å². The number of benzene rings is 2. The van der Waals surface area contributed by atoms with Gasteiger partial charge in [0.15, 0.2) is 5.60 Å². The molecule has 2 aromatic rings. The summed E-state index contributed by atoms with van der Waals surface area (Å²) in [6, 6.07) is 22.2. The Morgan fingerprint density at radius 2 is 1.26 bits per heavy atom. The molecular weight excluding hydrogens is 284 g/mol. The maximum Gasteiger partial charge on any atom is 0.159 e. The fourth-order valence-corrected chi connectivity index (χ4v) is 3.70. The number of aliphatic hydroxyl groups is 1. The number of rotatable bonds is 2. The summed E-state index contributed by atoms with van der Waals surface area (Å²) in [7, 11) is 0. The predicted molar refractivity (Wildman–Crippen MR) is 90.4 cm³/mol. The second-order valence-electron chi connectivity index (χ2n) is 6.46. The molecule has 5 atom stereocenters. The Morgan fingerprint density at radius 3 is 1.61 bits per heavy atom. The first-order valence-corrected chi connectivity index (χ1v) is 8.07. The molecule has 2 aromatic carbocycles. The van der Waals surface area contributed by atoms with Crippen LogP contribution in [0.25, 0.3) is 0 Å². The maximum atomic E-state index is 11.1. The molecule has 0 aliphatic carbocycles. The molecule has 1 saturated heterocycles. The normalized spacial score (nSPS) is 33.8. The van der Waals surface area contributed by atoms with Crippen LogP contribution in [-0.2, 0) is 0 Å². The third-order valence-corrected chi connectivity index (χ3v) is 5.24. The first kappa shape index (κ1) is 15.7. The van der Waals surface area contributed by atoms with Crippen LogP contribution in [0, 0.1) is 23.2 Å². The van der Waals surface area contributed by atoms with Crippen molar-refractivity contribution < 1.29 is 5.11 Å². The van der Waals surface area contributed by atoms with Crippen molar-refractivity contribution in [2.24, 2.45) is 11.8 Å². The molecule has 1 heterocycles. The van der Waals surface area contributed by atoms with E-state index >= 15 is 0 Å². The van der Waals surface area contributed by atoms with Gasteiger partial charge < -0.3 is 10.4 Å². The van der Waals surface area contributed by atoms with Gasteiger partial charge in [-0.1, -0.05) is 74.5 Å². The van der Waals surface area contributed by atoms with Crippen LogP contribution in [0.2, 0.25) is 0 Å². The minimum absolute atomic E-state index is 0.0674. The highest BCUT2D eigenvalue weighted by molar-refractivity contribution is 5.30. The largest absolute Gasteiger partial charge is 0.375 e. The molecule has 2 N–H and O–H groups in total. The molecule has 0 saturated carbocycles. The number of piperidine rings is 1. The second-order valence-corrected chi connectivity index (χ2v) is 6.46. The van der Waals surface area contributed by atoms with Crippen LogP contribution >= 0.6 is 0 Å². The topological polar surface area (TPSA) is 56.0 Å². The first-order valence-electron chi connectivity index (χ1n) is 8.07. The number of nitrogens with zero attached hydrogens (tertiary/aromatic N) is 1. The van der Waals surface area contributed by atoms with Gasteiger partial charge in [-0.05, 0) is 11.1 Å². The van der Waals surface area contributed by atoms with Crippen molar-refractivity contribution in [3.8, 4) is 6.07 Å². The number of hydrogen-bond acceptors (Lipinski definition) is 3. The Hall–Kier alpha value is -2.15. The van der Waals surface area contributed by atoms with Gasteiger partial charge in [0.2, 0.25) is 0 Å². The first-order chi connectivity index (χ1) is 11.1. The van der Waals surface area contributed by atoms with Crippen molar-refractivity contribution in [2.45, 2.75) is 31.5 Å². The average molecular weight is 306 g/mol. The SMILES string of the molecule is C[C@@H]1[C@H](c2ccccc2)N[C@@H](c2ccccc2)[C@H](C)C1(O)C#N. The lowest BCUT2D eigenvalue weighted by Gasteiger charge is -2.48. The molecule has 1 aliphatic heterocycles. The summed E-state index contributed by atoms with van der Waals surface area (Å²) < 4.78 is 0. The monoisotopic (exact) mass is 306 g/mol. The Labute approximate surface area is 137 Å². The van der Waals surface area contributed by atoms with Crippen molar-refractivity contribution in [2.75, 3.05) is 0 Å². The van der Waals surface area contributed by atoms with Gasteiger partial charge >= 0.3 is 0 Å². The van der Waals surface area contributed by atoms with E-state index in [1.165, 1.54) is 0 Å². The lowest BCUT2D eigenvalue weighted by molar-refractivity contribution is -0.0662. The second kappa shape index (κ2) is 6.16. The molecular formula is C20H22N2O. The van der Waals surface area contributed by atoms with E-state index in [0.717, 1.165) is 11.1 Å². The zero-order valence-corrected chi connectivity index (χ0v) is 13.5. The summed E-state index contributed by atoms with van der Waals surface area (Å²) in [5, 5.41) is 24.4. The summed E-state index contributed by atoms with van der Waals surface area (Å²) in [5.74, 6) is -0.408. The van der Waals surface area contributed by atoms with Crippen molar-refractivity contribution in [3.05, 3.63) is 71.8 Å². The molecule has 0 radical (unpaired) electrons. The molecule has 23 heavy (non-hydrogen) atoms. The number of nitrogens with one attached hydrogen (secondary N) is 1. The highest BCUT2D eigenvalue weighted by Crippen LogP contribution is 2.46. The summed E-state index contributed by atoms with van der Waals surface area (Å²) in [5.41, 5.74) is 0.828. The summed E-state index contributed by atoms with van der Waals surface area (Å²) in [4.78, 5) is 0. The summed E-state index contributed by atoms with van der Waals surface area (Å²) in [6.07, 6.45) is 0. The lowest BCUT2D eigenvalue weighted by atomic mass is 9.67. The van der Waals surface area contributed by atoms with E-state index in [-0.39, 0.29) is 23.9 Å². The lowest BCUT2D eigenvalue weighted by Crippen LogP contribution is -2.56. The van der Waals surface area contributed by atoms with Crippen LogP contribution in [0.3, 0.4) is 0 Å². The van der Waals surface area contributed by atoms with Gasteiger partial charge in [-0.25, -0.2) is 0 Å². The highest BCUT2D eigenvalue weighted by Gasteiger charge is 2.51. The van der Waals surface area contributed by atoms with Gasteiger partial charge in [0.25, 0.3) is 0 Å². The minimum Gasteiger partial charge on any atom is -0.375 e. The van der Waals surface area contributed by atoms with Gasteiger partial charge in [-0.3, -0.25) is 0 Å². The van der Waals surface area contributed by atoms with Crippen LogP contribution in [0.1, 0.15) is 37.1 Å². The molecule has 3 rings (SSSR count). The third-order valence-electron chi connectivity index (χ3n) is 5.24.